The Bertz CT molecular complexity index is 1690. The van der Waals surface area contributed by atoms with Gasteiger partial charge in [0.25, 0.3) is 5.69 Å². The summed E-state index contributed by atoms with van der Waals surface area (Å²) in [6, 6.07) is 2.14. The van der Waals surface area contributed by atoms with E-state index < -0.39 is 178 Å². The number of nitro benzene ring substituents is 1. The lowest BCUT2D eigenvalue weighted by Gasteiger charge is -2.49. The molecule has 0 amide bonds. The predicted octanol–water partition coefficient (Wildman–Crippen LogP) is -8.75. The highest BCUT2D eigenvalue weighted by Gasteiger charge is 2.55. The van der Waals surface area contributed by atoms with Crippen LogP contribution >= 0.6 is 0 Å². The molecule has 0 radical (unpaired) electrons. The zero-order valence-corrected chi connectivity index (χ0v) is 33.8. The van der Waals surface area contributed by atoms with E-state index in [9.17, 15) is 86.7 Å². The van der Waals surface area contributed by atoms with Gasteiger partial charge in [0.05, 0.1) is 49.5 Å². The third-order valence-electron chi connectivity index (χ3n) is 11.9. The van der Waals surface area contributed by atoms with Gasteiger partial charge in [-0.05, 0) is 24.6 Å². The molecule has 364 valence electrons. The summed E-state index contributed by atoms with van der Waals surface area (Å²) in [4.78, 5) is 10.3. The second kappa shape index (κ2) is 21.5. The summed E-state index contributed by atoms with van der Waals surface area (Å²) in [6.45, 7) is -1.90. The SMILES string of the molecule is CC1OC(OC2C(CO)OC(OC3C(CO)OC(Oc4ccc([N+](=O)[O-])cc4)C(O)C3O)C(O)C2O)C(O)C(O)C1NC1C=C(CO)C(OC2OC(CO)C(O)C(O)C2O)C(O)C1O. The summed E-state index contributed by atoms with van der Waals surface area (Å²) in [5, 5.41) is 173. The highest BCUT2D eigenvalue weighted by atomic mass is 16.8. The van der Waals surface area contributed by atoms with E-state index in [-0.39, 0.29) is 17.0 Å². The van der Waals surface area contributed by atoms with Gasteiger partial charge in [-0.25, -0.2) is 0 Å². The van der Waals surface area contributed by atoms with Crippen molar-refractivity contribution in [2.45, 2.75) is 154 Å². The van der Waals surface area contributed by atoms with Crippen LogP contribution in [0.5, 0.6) is 5.75 Å². The van der Waals surface area contributed by atoms with Crippen molar-refractivity contribution in [2.75, 3.05) is 26.4 Å². The van der Waals surface area contributed by atoms with Crippen molar-refractivity contribution in [3.05, 3.63) is 46.0 Å². The molecule has 0 bridgehead atoms. The quantitative estimate of drug-likeness (QED) is 0.0441. The van der Waals surface area contributed by atoms with Crippen molar-refractivity contribution in [2.24, 2.45) is 0 Å². The van der Waals surface area contributed by atoms with Gasteiger partial charge in [-0.1, -0.05) is 6.08 Å². The van der Waals surface area contributed by atoms with Gasteiger partial charge >= 0.3 is 0 Å². The topological polar surface area (TPSA) is 432 Å². The van der Waals surface area contributed by atoms with E-state index in [0.717, 1.165) is 12.1 Å². The Morgan fingerprint density at radius 2 is 1.06 bits per heavy atom. The molecule has 5 aliphatic rings. The van der Waals surface area contributed by atoms with Gasteiger partial charge in [0.1, 0.15) is 110 Å². The summed E-state index contributed by atoms with van der Waals surface area (Å²) in [5.41, 5.74) is -0.321. The van der Waals surface area contributed by atoms with Crippen LogP contribution in [0.25, 0.3) is 0 Å². The Balaban J connectivity index is 1.07. The molecule has 4 saturated heterocycles. The van der Waals surface area contributed by atoms with Crippen LogP contribution in [0, 0.1) is 10.1 Å². The van der Waals surface area contributed by atoms with Crippen LogP contribution in [-0.4, -0.2) is 255 Å². The van der Waals surface area contributed by atoms with E-state index in [1.54, 1.807) is 0 Å². The number of ether oxygens (including phenoxy) is 8. The van der Waals surface area contributed by atoms with Crippen LogP contribution in [0.3, 0.4) is 0 Å². The van der Waals surface area contributed by atoms with Gasteiger partial charge in [-0.2, -0.15) is 0 Å². The van der Waals surface area contributed by atoms with Gasteiger partial charge in [0, 0.05) is 12.1 Å². The lowest BCUT2D eigenvalue weighted by Crippen LogP contribution is -2.68. The number of hydrogen-bond donors (Lipinski definition) is 16. The summed E-state index contributed by atoms with van der Waals surface area (Å²) in [6.07, 6.45) is -36.7. The van der Waals surface area contributed by atoms with E-state index in [0.29, 0.717) is 0 Å². The Morgan fingerprint density at radius 1 is 0.578 bits per heavy atom. The fourth-order valence-electron chi connectivity index (χ4n) is 8.15. The number of nitrogens with zero attached hydrogens (tertiary/aromatic N) is 1. The van der Waals surface area contributed by atoms with Gasteiger partial charge in [0.2, 0.25) is 6.29 Å². The molecule has 64 heavy (non-hydrogen) atoms. The molecule has 1 aromatic rings. The first-order chi connectivity index (χ1) is 30.3. The van der Waals surface area contributed by atoms with E-state index >= 15 is 0 Å². The van der Waals surface area contributed by atoms with Gasteiger partial charge < -0.3 is 120 Å². The molecule has 6 rings (SSSR count). The van der Waals surface area contributed by atoms with Crippen molar-refractivity contribution in [3.63, 3.8) is 0 Å². The van der Waals surface area contributed by atoms with E-state index in [1.807, 2.05) is 0 Å². The van der Waals surface area contributed by atoms with Crippen LogP contribution in [0.2, 0.25) is 0 Å². The number of nitro groups is 1. The number of nitrogens with one attached hydrogen (secondary N) is 1. The third kappa shape index (κ3) is 10.4. The molecule has 0 saturated carbocycles. The number of benzene rings is 1. The molecule has 1 aliphatic carbocycles. The molecule has 0 aromatic heterocycles. The maximum Gasteiger partial charge on any atom is 0.269 e. The zero-order chi connectivity index (χ0) is 46.9. The van der Waals surface area contributed by atoms with Crippen LogP contribution in [0.15, 0.2) is 35.9 Å². The minimum absolute atomic E-state index is 0.000178. The zero-order valence-electron chi connectivity index (χ0n) is 33.8. The molecule has 1 aromatic carbocycles. The van der Waals surface area contributed by atoms with Crippen LogP contribution < -0.4 is 10.1 Å². The first-order valence-electron chi connectivity index (χ1n) is 20.2. The Morgan fingerprint density at radius 3 is 1.61 bits per heavy atom. The van der Waals surface area contributed by atoms with Crippen molar-refractivity contribution < 1.29 is 119 Å². The highest BCUT2D eigenvalue weighted by Crippen LogP contribution is 2.35. The summed E-state index contributed by atoms with van der Waals surface area (Å²) in [5.74, 6) is 0.000178. The second-order valence-corrected chi connectivity index (χ2v) is 16.0. The minimum atomic E-state index is -2.04. The molecule has 24 atom stereocenters. The van der Waals surface area contributed by atoms with Crippen LogP contribution in [0.1, 0.15) is 6.92 Å². The molecule has 4 heterocycles. The maximum atomic E-state index is 11.3. The first kappa shape index (κ1) is 50.6. The van der Waals surface area contributed by atoms with E-state index in [4.69, 9.17) is 37.9 Å². The Labute approximate surface area is 362 Å². The van der Waals surface area contributed by atoms with Gasteiger partial charge in [0.15, 0.2) is 18.9 Å². The van der Waals surface area contributed by atoms with E-state index in [2.05, 4.69) is 5.32 Å². The van der Waals surface area contributed by atoms with Crippen LogP contribution in [-0.2, 0) is 33.2 Å². The number of aliphatic hydroxyl groups excluding tert-OH is 15. The van der Waals surface area contributed by atoms with Crippen molar-refractivity contribution in [1.29, 1.82) is 0 Å². The van der Waals surface area contributed by atoms with Crippen molar-refractivity contribution >= 4 is 5.69 Å². The van der Waals surface area contributed by atoms with Crippen molar-refractivity contribution in [1.82, 2.24) is 5.32 Å². The Kier molecular flexibility index (Phi) is 17.0. The standard InChI is InChI=1S/C37H56N2O25/c1-11-19(38-15-6-12(7-40)31(24(48)20(15)44)62-36-28(52)23(47)21(45)16(8-41)59-36)22(46)27(51)34(57-11)63-32-18(10-43)61-37(30(54)26(32)50)64-33-17(9-42)60-35(29(53)25(33)49)58-14-4-2-13(3-5-14)39(55)56/h2-6,11,15-38,40-54H,7-10H2,1H3. The van der Waals surface area contributed by atoms with Gasteiger partial charge in [-0.15, -0.1) is 0 Å². The molecule has 0 spiro atoms. The molecule has 27 heteroatoms. The molecular formula is C37H56N2O25. The first-order valence-corrected chi connectivity index (χ1v) is 20.2. The average molecular weight is 929 g/mol. The van der Waals surface area contributed by atoms with Crippen molar-refractivity contribution in [3.8, 4) is 5.75 Å². The summed E-state index contributed by atoms with van der Waals surface area (Å²) >= 11 is 0. The minimum Gasteiger partial charge on any atom is -0.462 e. The fraction of sp³-hybridized carbons (Fsp3) is 0.784. The molecule has 27 nitrogen and oxygen atoms in total. The number of non-ortho nitro benzene ring substituents is 1. The second-order valence-electron chi connectivity index (χ2n) is 16.0. The number of aliphatic hydroxyl groups is 15. The molecule has 4 fully saturated rings. The summed E-state index contributed by atoms with van der Waals surface area (Å²) in [7, 11) is 0. The lowest BCUT2D eigenvalue weighted by atomic mass is 9.86. The molecule has 24 unspecified atom stereocenters. The Hall–Kier alpha value is -2.76. The predicted molar refractivity (Wildman–Crippen MR) is 202 cm³/mol. The van der Waals surface area contributed by atoms with E-state index in [1.165, 1.54) is 25.1 Å². The number of rotatable bonds is 15. The fourth-order valence-corrected chi connectivity index (χ4v) is 8.15. The average Bonchev–Trinajstić information content (AvgIpc) is 3.28. The monoisotopic (exact) mass is 928 g/mol. The highest BCUT2D eigenvalue weighted by molar-refractivity contribution is 5.36. The molecular weight excluding hydrogens is 872 g/mol. The maximum absolute atomic E-state index is 11.3. The molecule has 4 aliphatic heterocycles. The van der Waals surface area contributed by atoms with Crippen LogP contribution in [0.4, 0.5) is 5.69 Å². The smallest absolute Gasteiger partial charge is 0.269 e. The third-order valence-corrected chi connectivity index (χ3v) is 11.9. The molecule has 16 N–H and O–H groups in total. The summed E-state index contributed by atoms with van der Waals surface area (Å²) < 4.78 is 45.0. The largest absolute Gasteiger partial charge is 0.462 e. The normalized spacial score (nSPS) is 46.6. The van der Waals surface area contributed by atoms with Gasteiger partial charge in [-0.3, -0.25) is 10.1 Å². The number of hydrogen-bond acceptors (Lipinski definition) is 26. The lowest BCUT2D eigenvalue weighted by molar-refractivity contribution is -0.384.